The number of nitrogens with one attached hydrogen (secondary N) is 1. The number of para-hydroxylation sites is 2. The van der Waals surface area contributed by atoms with Gasteiger partial charge in [0.2, 0.25) is 5.91 Å². The summed E-state index contributed by atoms with van der Waals surface area (Å²) in [5.74, 6) is -0.0127. The van der Waals surface area contributed by atoms with Crippen LogP contribution in [-0.2, 0) is 16.1 Å². The van der Waals surface area contributed by atoms with Gasteiger partial charge in [-0.3, -0.25) is 9.59 Å². The fourth-order valence-electron chi connectivity index (χ4n) is 3.43. The van der Waals surface area contributed by atoms with E-state index in [1.54, 1.807) is 0 Å². The van der Waals surface area contributed by atoms with Crippen LogP contribution >= 0.6 is 0 Å². The number of fused-ring (bicyclic) bond motifs is 1. The minimum Gasteiger partial charge on any atom is -0.480 e. The molecule has 1 aromatic carbocycles. The number of imidazole rings is 1. The second kappa shape index (κ2) is 7.03. The van der Waals surface area contributed by atoms with Crippen LogP contribution in [0.3, 0.4) is 0 Å². The van der Waals surface area contributed by atoms with E-state index in [4.69, 9.17) is 10.1 Å². The summed E-state index contributed by atoms with van der Waals surface area (Å²) in [6.45, 7) is 1.57. The zero-order valence-corrected chi connectivity index (χ0v) is 13.9. The zero-order valence-electron chi connectivity index (χ0n) is 13.9. The number of carbonyl (C=O) groups is 2. The van der Waals surface area contributed by atoms with Gasteiger partial charge >= 0.3 is 5.97 Å². The van der Waals surface area contributed by atoms with Crippen molar-refractivity contribution in [3.8, 4) is 0 Å². The van der Waals surface area contributed by atoms with Gasteiger partial charge in [-0.15, -0.1) is 0 Å². The highest BCUT2D eigenvalue weighted by Crippen LogP contribution is 2.33. The van der Waals surface area contributed by atoms with Crippen molar-refractivity contribution in [2.45, 2.75) is 57.5 Å². The third-order valence-corrected chi connectivity index (χ3v) is 4.70. The highest BCUT2D eigenvalue weighted by molar-refractivity contribution is 5.85. The number of nitrogens with zero attached hydrogens (tertiary/aromatic N) is 2. The molecule has 1 unspecified atom stereocenters. The Bertz CT molecular complexity index is 747. The Morgan fingerprint density at radius 2 is 2.00 bits per heavy atom. The normalized spacial score (nSPS) is 16.9. The van der Waals surface area contributed by atoms with Crippen LogP contribution in [0.5, 0.6) is 0 Å². The first-order valence-corrected chi connectivity index (χ1v) is 8.53. The largest absolute Gasteiger partial charge is 0.480 e. The van der Waals surface area contributed by atoms with E-state index >= 15 is 0 Å². The lowest BCUT2D eigenvalue weighted by molar-refractivity contribution is -0.141. The molecular formula is C18H23N3O3. The molecule has 1 heterocycles. The highest BCUT2D eigenvalue weighted by Gasteiger charge is 2.24. The molecule has 1 atom stereocenters. The number of carboxylic acids is 1. The van der Waals surface area contributed by atoms with E-state index in [1.807, 2.05) is 28.8 Å². The van der Waals surface area contributed by atoms with Gasteiger partial charge in [0, 0.05) is 5.92 Å². The summed E-state index contributed by atoms with van der Waals surface area (Å²) < 4.78 is 1.95. The van der Waals surface area contributed by atoms with Crippen molar-refractivity contribution < 1.29 is 14.7 Å². The van der Waals surface area contributed by atoms with Crippen molar-refractivity contribution in [2.24, 2.45) is 0 Å². The Morgan fingerprint density at radius 1 is 1.29 bits per heavy atom. The summed E-state index contributed by atoms with van der Waals surface area (Å²) >= 11 is 0. The number of carboxylic acid groups (broad SMARTS) is 1. The van der Waals surface area contributed by atoms with Crippen LogP contribution in [0.1, 0.15) is 50.8 Å². The lowest BCUT2D eigenvalue weighted by atomic mass is 9.88. The molecule has 0 saturated heterocycles. The van der Waals surface area contributed by atoms with Crippen LogP contribution in [0.4, 0.5) is 0 Å². The fourth-order valence-corrected chi connectivity index (χ4v) is 3.43. The van der Waals surface area contributed by atoms with E-state index in [-0.39, 0.29) is 12.5 Å². The minimum absolute atomic E-state index is 0.101. The summed E-state index contributed by atoms with van der Waals surface area (Å²) in [6, 6.07) is 6.89. The number of aliphatic carboxylic acids is 1. The van der Waals surface area contributed by atoms with Crippen LogP contribution in [0.15, 0.2) is 24.3 Å². The van der Waals surface area contributed by atoms with Gasteiger partial charge in [-0.25, -0.2) is 4.98 Å². The first-order chi connectivity index (χ1) is 11.6. The number of carbonyl (C=O) groups excluding carboxylic acids is 1. The lowest BCUT2D eigenvalue weighted by Gasteiger charge is -2.22. The topological polar surface area (TPSA) is 84.2 Å². The molecule has 2 N–H and O–H groups in total. The molecule has 24 heavy (non-hydrogen) atoms. The summed E-state index contributed by atoms with van der Waals surface area (Å²) in [7, 11) is 0. The van der Waals surface area contributed by atoms with E-state index in [2.05, 4.69) is 5.32 Å². The Kier molecular flexibility index (Phi) is 4.83. The van der Waals surface area contributed by atoms with E-state index < -0.39 is 12.0 Å². The van der Waals surface area contributed by atoms with Crippen LogP contribution in [0.25, 0.3) is 11.0 Å². The second-order valence-corrected chi connectivity index (χ2v) is 6.51. The van der Waals surface area contributed by atoms with Gasteiger partial charge in [0.05, 0.1) is 11.0 Å². The quantitative estimate of drug-likeness (QED) is 0.883. The predicted molar refractivity (Wildman–Crippen MR) is 90.8 cm³/mol. The summed E-state index contributed by atoms with van der Waals surface area (Å²) in [5, 5.41) is 11.5. The third kappa shape index (κ3) is 3.42. The Balaban J connectivity index is 1.89. The first-order valence-electron chi connectivity index (χ1n) is 8.53. The molecule has 6 heteroatoms. The molecule has 2 aromatic rings. The van der Waals surface area contributed by atoms with Gasteiger partial charge < -0.3 is 15.0 Å². The van der Waals surface area contributed by atoms with E-state index in [0.29, 0.717) is 5.92 Å². The van der Waals surface area contributed by atoms with Crippen molar-refractivity contribution in [3.63, 3.8) is 0 Å². The van der Waals surface area contributed by atoms with Crippen molar-refractivity contribution in [1.29, 1.82) is 0 Å². The standard InChI is InChI=1S/C18H23N3O3/c1-12(18(23)24)19-16(22)11-21-15-10-6-5-9-14(15)20-17(21)13-7-3-2-4-8-13/h5-6,9-10,12-13H,2-4,7-8,11H2,1H3,(H,19,22)(H,23,24). The van der Waals surface area contributed by atoms with Crippen LogP contribution in [0, 0.1) is 0 Å². The number of benzene rings is 1. The molecule has 1 amide bonds. The lowest BCUT2D eigenvalue weighted by Crippen LogP contribution is -2.40. The average Bonchev–Trinajstić information content (AvgIpc) is 2.94. The first kappa shape index (κ1) is 16.5. The van der Waals surface area contributed by atoms with E-state index in [0.717, 1.165) is 29.7 Å². The number of aromatic nitrogens is 2. The highest BCUT2D eigenvalue weighted by atomic mass is 16.4. The van der Waals surface area contributed by atoms with Crippen molar-refractivity contribution >= 4 is 22.9 Å². The zero-order chi connectivity index (χ0) is 17.1. The Hall–Kier alpha value is -2.37. The van der Waals surface area contributed by atoms with Crippen molar-refractivity contribution in [1.82, 2.24) is 14.9 Å². The maximum atomic E-state index is 12.3. The van der Waals surface area contributed by atoms with Gasteiger partial charge in [0.1, 0.15) is 18.4 Å². The molecule has 1 aliphatic rings. The summed E-state index contributed by atoms with van der Waals surface area (Å²) in [6.07, 6.45) is 5.83. The van der Waals surface area contributed by atoms with Crippen molar-refractivity contribution in [2.75, 3.05) is 0 Å². The van der Waals surface area contributed by atoms with Crippen LogP contribution in [-0.4, -0.2) is 32.6 Å². The molecule has 3 rings (SSSR count). The van der Waals surface area contributed by atoms with Gasteiger partial charge in [0.15, 0.2) is 0 Å². The van der Waals surface area contributed by atoms with Gasteiger partial charge in [0.25, 0.3) is 0 Å². The monoisotopic (exact) mass is 329 g/mol. The number of hydrogen-bond donors (Lipinski definition) is 2. The van der Waals surface area contributed by atoms with Crippen molar-refractivity contribution in [3.05, 3.63) is 30.1 Å². The number of hydrogen-bond acceptors (Lipinski definition) is 3. The maximum Gasteiger partial charge on any atom is 0.325 e. The summed E-state index contributed by atoms with van der Waals surface area (Å²) in [4.78, 5) is 28.0. The van der Waals surface area contributed by atoms with Gasteiger partial charge in [-0.05, 0) is 31.9 Å². The molecule has 0 radical (unpaired) electrons. The number of rotatable bonds is 5. The smallest absolute Gasteiger partial charge is 0.325 e. The van der Waals surface area contributed by atoms with Gasteiger partial charge in [-0.1, -0.05) is 31.4 Å². The Morgan fingerprint density at radius 3 is 2.71 bits per heavy atom. The SMILES string of the molecule is CC(NC(=O)Cn1c(C2CCCCC2)nc2ccccc21)C(=O)O. The molecule has 1 saturated carbocycles. The predicted octanol–water partition coefficient (Wildman–Crippen LogP) is 2.67. The molecule has 0 aliphatic heterocycles. The molecular weight excluding hydrogens is 306 g/mol. The van der Waals surface area contributed by atoms with Crippen LogP contribution in [0.2, 0.25) is 0 Å². The molecule has 0 bridgehead atoms. The Labute approximate surface area is 140 Å². The van der Waals surface area contributed by atoms with Crippen LogP contribution < -0.4 is 5.32 Å². The van der Waals surface area contributed by atoms with Gasteiger partial charge in [-0.2, -0.15) is 0 Å². The fraction of sp³-hybridized carbons (Fsp3) is 0.500. The molecule has 0 spiro atoms. The number of amides is 1. The average molecular weight is 329 g/mol. The minimum atomic E-state index is -1.04. The molecule has 128 valence electrons. The maximum absolute atomic E-state index is 12.3. The third-order valence-electron chi connectivity index (χ3n) is 4.70. The molecule has 6 nitrogen and oxygen atoms in total. The second-order valence-electron chi connectivity index (χ2n) is 6.51. The molecule has 1 fully saturated rings. The molecule has 1 aliphatic carbocycles. The van der Waals surface area contributed by atoms with E-state index in [9.17, 15) is 9.59 Å². The summed E-state index contributed by atoms with van der Waals surface area (Å²) in [5.41, 5.74) is 1.81. The molecule has 1 aromatic heterocycles. The van der Waals surface area contributed by atoms with E-state index in [1.165, 1.54) is 26.2 Å².